The number of urea groups is 1. The lowest BCUT2D eigenvalue weighted by Gasteiger charge is -2.38. The summed E-state index contributed by atoms with van der Waals surface area (Å²) in [6.07, 6.45) is 13.1. The quantitative estimate of drug-likeness (QED) is 0.462. The third-order valence-corrected chi connectivity index (χ3v) is 10.3. The third kappa shape index (κ3) is 7.95. The third-order valence-electron chi connectivity index (χ3n) is 10.3. The van der Waals surface area contributed by atoms with Crippen LogP contribution >= 0.6 is 0 Å². The van der Waals surface area contributed by atoms with E-state index in [0.29, 0.717) is 38.0 Å². The molecule has 3 N–H and O–H groups in total. The van der Waals surface area contributed by atoms with E-state index in [1.165, 1.54) is 61.0 Å². The van der Waals surface area contributed by atoms with Crippen LogP contribution in [0.25, 0.3) is 5.69 Å². The Morgan fingerprint density at radius 3 is 2.31 bits per heavy atom. The SMILES string of the molecule is CNC1CCC(CC(C)CC2CCc3cc(-n4ccc(N(C)C(=O)N5CCN(C(=O)C(C)(C)N)CC5)nc4=O)ccc3C2)CC1. The number of rotatable bonds is 8. The molecule has 246 valence electrons. The number of carbonyl (C=O) groups excluding carboxylic acids is 2. The smallest absolute Gasteiger partial charge is 0.338 e. The molecule has 10 nitrogen and oxygen atoms in total. The number of benzene rings is 1. The molecule has 1 aliphatic heterocycles. The highest BCUT2D eigenvalue weighted by molar-refractivity contribution is 5.91. The normalized spacial score (nSPS) is 22.9. The number of amides is 3. The number of piperazine rings is 1. The predicted molar refractivity (Wildman–Crippen MR) is 179 cm³/mol. The molecule has 0 radical (unpaired) electrons. The van der Waals surface area contributed by atoms with Crippen molar-refractivity contribution in [2.75, 3.05) is 45.2 Å². The van der Waals surface area contributed by atoms with Gasteiger partial charge in [0, 0.05) is 45.5 Å². The van der Waals surface area contributed by atoms with Crippen LogP contribution in [0, 0.1) is 17.8 Å². The zero-order valence-electron chi connectivity index (χ0n) is 27.9. The van der Waals surface area contributed by atoms with Crippen molar-refractivity contribution in [2.24, 2.45) is 23.5 Å². The standard InChI is InChI=1S/C35H53N7O3/c1-24(20-25-7-11-29(37-4)12-8-25)21-26-6-9-28-23-30(13-10-27(28)22-26)42-15-14-31(38-33(42)44)39(5)34(45)41-18-16-40(17-19-41)32(43)35(2,3)36/h10,13-15,23-26,29,37H,6-9,11-12,16-22,36H2,1-5H3. The summed E-state index contributed by atoms with van der Waals surface area (Å²) in [6, 6.07) is 8.51. The second kappa shape index (κ2) is 14.0. The highest BCUT2D eigenvalue weighted by Crippen LogP contribution is 2.35. The lowest BCUT2D eigenvalue weighted by Crippen LogP contribution is -2.59. The van der Waals surface area contributed by atoms with E-state index in [2.05, 4.69) is 36.4 Å². The predicted octanol–water partition coefficient (Wildman–Crippen LogP) is 3.97. The molecule has 5 rings (SSSR count). The zero-order valence-corrected chi connectivity index (χ0v) is 27.9. The van der Waals surface area contributed by atoms with Crippen molar-refractivity contribution in [3.8, 4) is 5.69 Å². The van der Waals surface area contributed by atoms with Gasteiger partial charge in [-0.05, 0) is 126 Å². The highest BCUT2D eigenvalue weighted by atomic mass is 16.2. The highest BCUT2D eigenvalue weighted by Gasteiger charge is 2.32. The first kappa shape index (κ1) is 33.1. The molecule has 3 amide bonds. The van der Waals surface area contributed by atoms with Gasteiger partial charge < -0.3 is 20.9 Å². The monoisotopic (exact) mass is 619 g/mol. The molecule has 1 saturated heterocycles. The molecule has 2 fully saturated rings. The van der Waals surface area contributed by atoms with Gasteiger partial charge in [-0.25, -0.2) is 9.59 Å². The minimum atomic E-state index is -0.943. The van der Waals surface area contributed by atoms with E-state index < -0.39 is 11.2 Å². The number of hydrogen-bond acceptors (Lipinski definition) is 6. The van der Waals surface area contributed by atoms with Crippen molar-refractivity contribution in [2.45, 2.75) is 90.1 Å². The lowest BCUT2D eigenvalue weighted by atomic mass is 9.75. The minimum absolute atomic E-state index is 0.127. The summed E-state index contributed by atoms with van der Waals surface area (Å²) in [5.41, 5.74) is 8.13. The van der Waals surface area contributed by atoms with Crippen molar-refractivity contribution in [3.63, 3.8) is 0 Å². The van der Waals surface area contributed by atoms with Crippen LogP contribution in [0.15, 0.2) is 35.3 Å². The van der Waals surface area contributed by atoms with Crippen LogP contribution < -0.4 is 21.6 Å². The Balaban J connectivity index is 1.15. The summed E-state index contributed by atoms with van der Waals surface area (Å²) < 4.78 is 1.55. The first-order chi connectivity index (χ1) is 21.4. The van der Waals surface area contributed by atoms with Crippen LogP contribution in [0.2, 0.25) is 0 Å². The first-order valence-electron chi connectivity index (χ1n) is 16.9. The van der Waals surface area contributed by atoms with Gasteiger partial charge in [0.1, 0.15) is 5.82 Å². The van der Waals surface area contributed by atoms with E-state index in [1.54, 1.807) is 47.5 Å². The fraction of sp³-hybridized carbons (Fsp3) is 0.657. The summed E-state index contributed by atoms with van der Waals surface area (Å²) in [6.45, 7) is 7.46. The summed E-state index contributed by atoms with van der Waals surface area (Å²) >= 11 is 0. The Hall–Kier alpha value is -3.24. The summed E-state index contributed by atoms with van der Waals surface area (Å²) in [4.78, 5) is 47.8. The van der Waals surface area contributed by atoms with Crippen LogP contribution in [0.1, 0.15) is 76.8 Å². The maximum atomic E-state index is 13.2. The van der Waals surface area contributed by atoms with Crippen molar-refractivity contribution in [1.29, 1.82) is 0 Å². The zero-order chi connectivity index (χ0) is 32.3. The number of aromatic nitrogens is 2. The molecule has 2 atom stereocenters. The molecule has 0 bridgehead atoms. The van der Waals surface area contributed by atoms with Gasteiger partial charge in [0.05, 0.1) is 11.2 Å². The van der Waals surface area contributed by atoms with Gasteiger partial charge in [0.25, 0.3) is 0 Å². The molecule has 2 aromatic rings. The maximum absolute atomic E-state index is 13.2. The fourth-order valence-corrected chi connectivity index (χ4v) is 7.68. The molecular formula is C35H53N7O3. The molecule has 1 saturated carbocycles. The van der Waals surface area contributed by atoms with Crippen molar-refractivity contribution in [1.82, 2.24) is 24.7 Å². The van der Waals surface area contributed by atoms with E-state index in [0.717, 1.165) is 36.3 Å². The van der Waals surface area contributed by atoms with E-state index >= 15 is 0 Å². The maximum Gasteiger partial charge on any atom is 0.354 e. The number of carbonyl (C=O) groups is 2. The molecule has 1 aromatic carbocycles. The van der Waals surface area contributed by atoms with E-state index in [-0.39, 0.29) is 11.9 Å². The van der Waals surface area contributed by atoms with Crippen molar-refractivity contribution < 1.29 is 9.59 Å². The van der Waals surface area contributed by atoms with Gasteiger partial charge in [-0.3, -0.25) is 14.3 Å². The molecule has 3 aliphatic rings. The van der Waals surface area contributed by atoms with E-state index in [1.807, 2.05) is 6.07 Å². The molecule has 2 aliphatic carbocycles. The van der Waals surface area contributed by atoms with Gasteiger partial charge in [0.2, 0.25) is 5.91 Å². The Kier molecular flexibility index (Phi) is 10.3. The van der Waals surface area contributed by atoms with Crippen molar-refractivity contribution >= 4 is 17.8 Å². The number of anilines is 1. The molecule has 45 heavy (non-hydrogen) atoms. The number of hydrogen-bond donors (Lipinski definition) is 2. The van der Waals surface area contributed by atoms with E-state index in [9.17, 15) is 14.4 Å². The van der Waals surface area contributed by atoms with Gasteiger partial charge in [-0.15, -0.1) is 0 Å². The van der Waals surface area contributed by atoms with Gasteiger partial charge in [-0.2, -0.15) is 4.98 Å². The van der Waals surface area contributed by atoms with Crippen LogP contribution in [0.3, 0.4) is 0 Å². The van der Waals surface area contributed by atoms with Gasteiger partial charge >= 0.3 is 11.7 Å². The molecule has 1 aromatic heterocycles. The molecular weight excluding hydrogens is 566 g/mol. The lowest BCUT2D eigenvalue weighted by molar-refractivity contribution is -0.137. The molecule has 10 heteroatoms. The summed E-state index contributed by atoms with van der Waals surface area (Å²) in [5.74, 6) is 2.54. The minimum Gasteiger partial charge on any atom is -0.338 e. The average Bonchev–Trinajstić information content (AvgIpc) is 3.03. The molecule has 0 spiro atoms. The second-order valence-electron chi connectivity index (χ2n) is 14.4. The van der Waals surface area contributed by atoms with Crippen LogP contribution in [0.4, 0.5) is 10.6 Å². The van der Waals surface area contributed by atoms with Crippen LogP contribution in [-0.4, -0.2) is 83.1 Å². The molecule has 2 heterocycles. The largest absolute Gasteiger partial charge is 0.354 e. The summed E-state index contributed by atoms with van der Waals surface area (Å²) in [7, 11) is 3.72. The van der Waals surface area contributed by atoms with Gasteiger partial charge in [-0.1, -0.05) is 13.0 Å². The van der Waals surface area contributed by atoms with Crippen LogP contribution in [-0.2, 0) is 17.6 Å². The molecule has 2 unspecified atom stereocenters. The van der Waals surface area contributed by atoms with Crippen molar-refractivity contribution in [3.05, 3.63) is 52.1 Å². The average molecular weight is 620 g/mol. The second-order valence-corrected chi connectivity index (χ2v) is 14.4. The van der Waals surface area contributed by atoms with Crippen LogP contribution in [0.5, 0.6) is 0 Å². The Bertz CT molecular complexity index is 1400. The Morgan fingerprint density at radius 2 is 1.67 bits per heavy atom. The number of aryl methyl sites for hydroxylation is 1. The topological polar surface area (TPSA) is 117 Å². The first-order valence-corrected chi connectivity index (χ1v) is 16.9. The number of nitrogens with one attached hydrogen (secondary N) is 1. The van der Waals surface area contributed by atoms with Gasteiger partial charge in [0.15, 0.2) is 0 Å². The Morgan fingerprint density at radius 1 is 1.00 bits per heavy atom. The fourth-order valence-electron chi connectivity index (χ4n) is 7.68. The summed E-state index contributed by atoms with van der Waals surface area (Å²) in [5, 5.41) is 3.45. The Labute approximate surface area is 268 Å². The number of nitrogens with two attached hydrogens (primary N) is 1. The number of fused-ring (bicyclic) bond motifs is 1. The number of nitrogens with zero attached hydrogens (tertiary/aromatic N) is 5. The van der Waals surface area contributed by atoms with E-state index in [4.69, 9.17) is 5.73 Å².